The fraction of sp³-hybridized carbons (Fsp3) is 0.391. The van der Waals surface area contributed by atoms with Crippen molar-refractivity contribution in [3.05, 3.63) is 54.4 Å². The predicted molar refractivity (Wildman–Crippen MR) is 122 cm³/mol. The first kappa shape index (κ1) is 22.6. The molecule has 0 spiro atoms. The highest BCUT2D eigenvalue weighted by Gasteiger charge is 2.13. The summed E-state index contributed by atoms with van der Waals surface area (Å²) in [5, 5.41) is 6.41. The van der Waals surface area contributed by atoms with Crippen molar-refractivity contribution in [3.63, 3.8) is 0 Å². The standard InChI is InChI=1S/C23H29FN6O/c1-4-30(5-2)13-7-8-16(3)28-21-15-26-20(14-27-21)23(31)29-19-11-10-18(24)17-9-6-12-25-22(17)19/h6,9-12,14-16H,4-5,7-8,13H2,1-3H3,(H,27,28)(H,29,31). The normalized spacial score (nSPS) is 12.2. The van der Waals surface area contributed by atoms with Gasteiger partial charge in [-0.3, -0.25) is 9.78 Å². The molecule has 164 valence electrons. The first-order valence-electron chi connectivity index (χ1n) is 10.7. The van der Waals surface area contributed by atoms with Gasteiger partial charge >= 0.3 is 0 Å². The van der Waals surface area contributed by atoms with Gasteiger partial charge in [0.15, 0.2) is 0 Å². The first-order valence-corrected chi connectivity index (χ1v) is 10.7. The first-order chi connectivity index (χ1) is 15.0. The number of carbonyl (C=O) groups excluding carboxylic acids is 1. The molecule has 2 heterocycles. The van der Waals surface area contributed by atoms with Crippen LogP contribution in [0.15, 0.2) is 42.9 Å². The Bertz CT molecular complexity index is 1010. The van der Waals surface area contributed by atoms with Crippen LogP contribution in [0.25, 0.3) is 10.9 Å². The third kappa shape index (κ3) is 5.95. The number of hydrogen-bond acceptors (Lipinski definition) is 6. The molecule has 31 heavy (non-hydrogen) atoms. The highest BCUT2D eigenvalue weighted by atomic mass is 19.1. The van der Waals surface area contributed by atoms with Crippen molar-refractivity contribution in [3.8, 4) is 0 Å². The largest absolute Gasteiger partial charge is 0.366 e. The number of hydrogen-bond donors (Lipinski definition) is 2. The molecule has 1 unspecified atom stereocenters. The number of pyridine rings is 1. The van der Waals surface area contributed by atoms with E-state index in [-0.39, 0.29) is 17.6 Å². The van der Waals surface area contributed by atoms with Crippen molar-refractivity contribution in [2.24, 2.45) is 0 Å². The topological polar surface area (TPSA) is 83.0 Å². The molecule has 0 fully saturated rings. The lowest BCUT2D eigenvalue weighted by atomic mass is 10.1. The molecular formula is C23H29FN6O. The van der Waals surface area contributed by atoms with E-state index in [0.717, 1.165) is 32.5 Å². The summed E-state index contributed by atoms with van der Waals surface area (Å²) in [6.45, 7) is 9.67. The molecule has 1 aromatic carbocycles. The van der Waals surface area contributed by atoms with Crippen molar-refractivity contribution < 1.29 is 9.18 Å². The summed E-state index contributed by atoms with van der Waals surface area (Å²) in [6.07, 6.45) is 6.66. The summed E-state index contributed by atoms with van der Waals surface area (Å²) in [5.41, 5.74) is 0.988. The molecule has 1 atom stereocenters. The van der Waals surface area contributed by atoms with Gasteiger partial charge in [-0.25, -0.2) is 14.4 Å². The number of amides is 1. The van der Waals surface area contributed by atoms with E-state index < -0.39 is 5.91 Å². The lowest BCUT2D eigenvalue weighted by Gasteiger charge is -2.20. The van der Waals surface area contributed by atoms with Gasteiger partial charge in [-0.15, -0.1) is 0 Å². The van der Waals surface area contributed by atoms with Gasteiger partial charge in [0.2, 0.25) is 0 Å². The Labute approximate surface area is 182 Å². The molecule has 7 nitrogen and oxygen atoms in total. The molecule has 8 heteroatoms. The third-order valence-electron chi connectivity index (χ3n) is 5.25. The van der Waals surface area contributed by atoms with Gasteiger partial charge in [0.25, 0.3) is 5.91 Å². The smallest absolute Gasteiger partial charge is 0.275 e. The number of anilines is 2. The molecule has 2 N–H and O–H groups in total. The Morgan fingerprint density at radius 3 is 2.65 bits per heavy atom. The Morgan fingerprint density at radius 2 is 1.94 bits per heavy atom. The van der Waals surface area contributed by atoms with Gasteiger partial charge in [-0.2, -0.15) is 0 Å². The number of nitrogens with zero attached hydrogens (tertiary/aromatic N) is 4. The molecule has 0 radical (unpaired) electrons. The minimum absolute atomic E-state index is 0.174. The molecule has 0 saturated heterocycles. The van der Waals surface area contributed by atoms with Crippen LogP contribution >= 0.6 is 0 Å². The van der Waals surface area contributed by atoms with Crippen LogP contribution in [0.2, 0.25) is 0 Å². The van der Waals surface area contributed by atoms with E-state index in [1.807, 2.05) is 0 Å². The summed E-state index contributed by atoms with van der Waals surface area (Å²) >= 11 is 0. The number of nitrogens with one attached hydrogen (secondary N) is 2. The van der Waals surface area contributed by atoms with Crippen LogP contribution in [0.1, 0.15) is 44.1 Å². The summed E-state index contributed by atoms with van der Waals surface area (Å²) < 4.78 is 13.9. The molecule has 2 aromatic heterocycles. The number of aromatic nitrogens is 3. The summed E-state index contributed by atoms with van der Waals surface area (Å²) in [5.74, 6) is -0.187. The second kappa shape index (κ2) is 10.8. The fourth-order valence-electron chi connectivity index (χ4n) is 3.43. The number of carbonyl (C=O) groups is 1. The minimum atomic E-state index is -0.426. The number of benzene rings is 1. The predicted octanol–water partition coefficient (Wildman–Crippen LogP) is 4.34. The zero-order valence-electron chi connectivity index (χ0n) is 18.2. The van der Waals surface area contributed by atoms with E-state index in [0.29, 0.717) is 22.4 Å². The molecule has 3 rings (SSSR count). The molecule has 0 bridgehead atoms. The Kier molecular flexibility index (Phi) is 7.83. The molecule has 0 aliphatic carbocycles. The van der Waals surface area contributed by atoms with E-state index in [9.17, 15) is 9.18 Å². The quantitative estimate of drug-likeness (QED) is 0.504. The van der Waals surface area contributed by atoms with Crippen LogP contribution in [0.3, 0.4) is 0 Å². The molecule has 0 aliphatic heterocycles. The second-order valence-electron chi connectivity index (χ2n) is 7.45. The van der Waals surface area contributed by atoms with E-state index in [1.54, 1.807) is 24.5 Å². The van der Waals surface area contributed by atoms with Crippen LogP contribution in [0, 0.1) is 5.82 Å². The maximum Gasteiger partial charge on any atom is 0.275 e. The summed E-state index contributed by atoms with van der Waals surface area (Å²) in [7, 11) is 0. The van der Waals surface area contributed by atoms with Gasteiger partial charge in [0, 0.05) is 17.6 Å². The van der Waals surface area contributed by atoms with Gasteiger partial charge < -0.3 is 15.5 Å². The van der Waals surface area contributed by atoms with E-state index in [2.05, 4.69) is 51.3 Å². The van der Waals surface area contributed by atoms with Crippen molar-refractivity contribution >= 4 is 28.3 Å². The molecular weight excluding hydrogens is 395 g/mol. The average molecular weight is 425 g/mol. The van der Waals surface area contributed by atoms with E-state index in [1.165, 1.54) is 18.3 Å². The van der Waals surface area contributed by atoms with Crippen LogP contribution in [-0.2, 0) is 0 Å². The highest BCUT2D eigenvalue weighted by Crippen LogP contribution is 2.24. The Morgan fingerprint density at radius 1 is 1.13 bits per heavy atom. The fourth-order valence-corrected chi connectivity index (χ4v) is 3.43. The second-order valence-corrected chi connectivity index (χ2v) is 7.45. The Balaban J connectivity index is 1.58. The summed E-state index contributed by atoms with van der Waals surface area (Å²) in [4.78, 5) is 27.7. The summed E-state index contributed by atoms with van der Waals surface area (Å²) in [6, 6.07) is 6.32. The van der Waals surface area contributed by atoms with E-state index in [4.69, 9.17) is 0 Å². The highest BCUT2D eigenvalue weighted by molar-refractivity contribution is 6.07. The van der Waals surface area contributed by atoms with Gasteiger partial charge in [0.1, 0.15) is 17.3 Å². The third-order valence-corrected chi connectivity index (χ3v) is 5.25. The van der Waals surface area contributed by atoms with Crippen LogP contribution < -0.4 is 10.6 Å². The molecule has 0 aliphatic rings. The average Bonchev–Trinajstić information content (AvgIpc) is 2.79. The molecule has 3 aromatic rings. The van der Waals surface area contributed by atoms with Crippen LogP contribution in [0.5, 0.6) is 0 Å². The van der Waals surface area contributed by atoms with Gasteiger partial charge in [-0.05, 0) is 63.7 Å². The maximum absolute atomic E-state index is 13.9. The van der Waals surface area contributed by atoms with Crippen molar-refractivity contribution in [2.45, 2.75) is 39.7 Å². The number of rotatable bonds is 10. The van der Waals surface area contributed by atoms with Crippen molar-refractivity contribution in [2.75, 3.05) is 30.3 Å². The monoisotopic (exact) mass is 424 g/mol. The number of fused-ring (bicyclic) bond motifs is 1. The maximum atomic E-state index is 13.9. The zero-order valence-corrected chi connectivity index (χ0v) is 18.2. The van der Waals surface area contributed by atoms with E-state index >= 15 is 0 Å². The SMILES string of the molecule is CCN(CC)CCCC(C)Nc1cnc(C(=O)Nc2ccc(F)c3cccnc23)cn1. The van der Waals surface area contributed by atoms with Crippen molar-refractivity contribution in [1.82, 2.24) is 19.9 Å². The van der Waals surface area contributed by atoms with Crippen LogP contribution in [0.4, 0.5) is 15.9 Å². The Hall–Kier alpha value is -3.13. The molecule has 1 amide bonds. The van der Waals surface area contributed by atoms with Crippen molar-refractivity contribution in [1.29, 1.82) is 0 Å². The lowest BCUT2D eigenvalue weighted by molar-refractivity contribution is 0.102. The van der Waals surface area contributed by atoms with Gasteiger partial charge in [-0.1, -0.05) is 13.8 Å². The number of halogens is 1. The van der Waals surface area contributed by atoms with Gasteiger partial charge in [0.05, 0.1) is 23.6 Å². The molecule has 0 saturated carbocycles. The minimum Gasteiger partial charge on any atom is -0.366 e. The lowest BCUT2D eigenvalue weighted by Crippen LogP contribution is -2.25. The van der Waals surface area contributed by atoms with Crippen LogP contribution in [-0.4, -0.2) is 51.4 Å². The zero-order chi connectivity index (χ0) is 22.2.